The number of hydrogen-bond donors (Lipinski definition) is 0. The minimum Gasteiger partial charge on any atom is -0.303 e. The van der Waals surface area contributed by atoms with E-state index in [4.69, 9.17) is 0 Å². The van der Waals surface area contributed by atoms with Crippen LogP contribution in [-0.2, 0) is 4.79 Å². The predicted octanol–water partition coefficient (Wildman–Crippen LogP) is 0.992. The van der Waals surface area contributed by atoms with E-state index in [0.29, 0.717) is 12.8 Å². The van der Waals surface area contributed by atoms with Crippen LogP contribution in [0.2, 0.25) is 0 Å². The first-order valence-corrected chi connectivity index (χ1v) is 2.75. The molecule has 0 aliphatic rings. The van der Waals surface area contributed by atoms with Gasteiger partial charge in [0.05, 0.1) is 0 Å². The lowest BCUT2D eigenvalue weighted by atomic mass is 10.3. The summed E-state index contributed by atoms with van der Waals surface area (Å²) >= 11 is 0. The van der Waals surface area contributed by atoms with Crippen LogP contribution < -0.4 is 0 Å². The second-order valence-corrected chi connectivity index (χ2v) is 1.38. The molecule has 0 fully saturated rings. The Hall–Kier alpha value is -1.21. The average molecular weight is 120 g/mol. The van der Waals surface area contributed by atoms with E-state index in [-0.39, 0.29) is 0 Å². The fraction of sp³-hybridized carbons (Fsp3) is 0.375. The summed E-state index contributed by atoms with van der Waals surface area (Å²) in [5, 5.41) is 0. The number of aldehydes is 1. The zero-order valence-electron chi connectivity index (χ0n) is 5.40. The molecular formula is C8H8O. The standard InChI is InChI=1S/C8H8O/c1-2-3-4-5-6-7-8-9/h8H,6-7H2,1H3. The lowest BCUT2D eigenvalue weighted by Crippen LogP contribution is -1.69. The maximum absolute atomic E-state index is 9.73. The van der Waals surface area contributed by atoms with Crippen molar-refractivity contribution in [1.82, 2.24) is 0 Å². The summed E-state index contributed by atoms with van der Waals surface area (Å²) in [7, 11) is 0. The third-order valence-electron chi connectivity index (χ3n) is 0.663. The minimum absolute atomic E-state index is 0.512. The Bertz CT molecular complexity index is 182. The molecule has 0 amide bonds. The molecule has 0 aromatic heterocycles. The van der Waals surface area contributed by atoms with Gasteiger partial charge >= 0.3 is 0 Å². The first kappa shape index (κ1) is 7.79. The van der Waals surface area contributed by atoms with Gasteiger partial charge in [-0.25, -0.2) is 0 Å². The van der Waals surface area contributed by atoms with E-state index >= 15 is 0 Å². The number of rotatable bonds is 2. The van der Waals surface area contributed by atoms with Crippen molar-refractivity contribution in [3.63, 3.8) is 0 Å². The number of carbonyl (C=O) groups excluding carboxylic acids is 1. The zero-order chi connectivity index (χ0) is 6.95. The van der Waals surface area contributed by atoms with Crippen LogP contribution >= 0.6 is 0 Å². The largest absolute Gasteiger partial charge is 0.303 e. The SMILES string of the molecule is CC#CC#CCCC=O. The molecule has 0 N–H and O–H groups in total. The first-order chi connectivity index (χ1) is 4.41. The first-order valence-electron chi connectivity index (χ1n) is 2.75. The molecule has 0 rings (SSSR count). The van der Waals surface area contributed by atoms with Gasteiger partial charge in [-0.15, -0.1) is 0 Å². The van der Waals surface area contributed by atoms with Crippen LogP contribution in [0.3, 0.4) is 0 Å². The van der Waals surface area contributed by atoms with Crippen molar-refractivity contribution in [3.05, 3.63) is 0 Å². The Labute approximate surface area is 55.5 Å². The summed E-state index contributed by atoms with van der Waals surface area (Å²) in [5.74, 6) is 10.5. The minimum atomic E-state index is 0.512. The Kier molecular flexibility index (Phi) is 5.88. The molecule has 0 radical (unpaired) electrons. The van der Waals surface area contributed by atoms with Gasteiger partial charge in [0.2, 0.25) is 0 Å². The Morgan fingerprint density at radius 1 is 1.44 bits per heavy atom. The van der Waals surface area contributed by atoms with Gasteiger partial charge in [-0.2, -0.15) is 0 Å². The van der Waals surface area contributed by atoms with Gasteiger partial charge in [0.25, 0.3) is 0 Å². The lowest BCUT2D eigenvalue weighted by molar-refractivity contribution is -0.107. The maximum Gasteiger partial charge on any atom is 0.120 e. The molecule has 9 heavy (non-hydrogen) atoms. The molecule has 0 spiro atoms. The molecule has 0 bridgehead atoms. The molecule has 0 heterocycles. The lowest BCUT2D eigenvalue weighted by Gasteiger charge is -1.71. The fourth-order valence-electron chi connectivity index (χ4n) is 0.300. The van der Waals surface area contributed by atoms with Crippen LogP contribution in [0, 0.1) is 23.7 Å². The number of carbonyl (C=O) groups is 1. The third-order valence-corrected chi connectivity index (χ3v) is 0.663. The van der Waals surface area contributed by atoms with Gasteiger partial charge in [-0.05, 0) is 18.8 Å². The molecule has 0 unspecified atom stereocenters. The van der Waals surface area contributed by atoms with Gasteiger partial charge in [0.1, 0.15) is 6.29 Å². The van der Waals surface area contributed by atoms with E-state index in [0.717, 1.165) is 6.29 Å². The summed E-state index contributed by atoms with van der Waals surface area (Å²) in [4.78, 5) is 9.73. The predicted molar refractivity (Wildman–Crippen MR) is 36.5 cm³/mol. The van der Waals surface area contributed by atoms with E-state index < -0.39 is 0 Å². The smallest absolute Gasteiger partial charge is 0.120 e. The second-order valence-electron chi connectivity index (χ2n) is 1.38. The highest BCUT2D eigenvalue weighted by Crippen LogP contribution is 1.77. The quantitative estimate of drug-likeness (QED) is 0.302. The van der Waals surface area contributed by atoms with E-state index in [1.54, 1.807) is 6.92 Å². The molecule has 0 aliphatic heterocycles. The molecule has 0 saturated carbocycles. The van der Waals surface area contributed by atoms with Crippen molar-refractivity contribution in [2.24, 2.45) is 0 Å². The van der Waals surface area contributed by atoms with Crippen molar-refractivity contribution >= 4 is 6.29 Å². The molecule has 0 aliphatic carbocycles. The topological polar surface area (TPSA) is 17.1 Å². The highest BCUT2D eigenvalue weighted by Gasteiger charge is 1.72. The van der Waals surface area contributed by atoms with Crippen molar-refractivity contribution in [2.45, 2.75) is 19.8 Å². The van der Waals surface area contributed by atoms with Crippen LogP contribution in [0.1, 0.15) is 19.8 Å². The van der Waals surface area contributed by atoms with E-state index in [2.05, 4.69) is 23.7 Å². The Morgan fingerprint density at radius 3 is 2.78 bits per heavy atom. The van der Waals surface area contributed by atoms with Gasteiger partial charge in [0.15, 0.2) is 0 Å². The molecule has 0 saturated heterocycles. The molecule has 1 nitrogen and oxygen atoms in total. The van der Waals surface area contributed by atoms with E-state index in [1.165, 1.54) is 0 Å². The molecular weight excluding hydrogens is 112 g/mol. The molecule has 0 aromatic carbocycles. The number of hydrogen-bond acceptors (Lipinski definition) is 1. The van der Waals surface area contributed by atoms with Gasteiger partial charge < -0.3 is 4.79 Å². The van der Waals surface area contributed by atoms with Crippen LogP contribution in [-0.4, -0.2) is 6.29 Å². The third kappa shape index (κ3) is 6.79. The van der Waals surface area contributed by atoms with Crippen LogP contribution in [0.15, 0.2) is 0 Å². The fourth-order valence-corrected chi connectivity index (χ4v) is 0.300. The average Bonchev–Trinajstić information content (AvgIpc) is 1.89. The molecule has 46 valence electrons. The summed E-state index contributed by atoms with van der Waals surface area (Å²) in [6.45, 7) is 1.73. The van der Waals surface area contributed by atoms with E-state index in [9.17, 15) is 4.79 Å². The molecule has 0 atom stereocenters. The van der Waals surface area contributed by atoms with Crippen molar-refractivity contribution in [1.29, 1.82) is 0 Å². The maximum atomic E-state index is 9.73. The van der Waals surface area contributed by atoms with Gasteiger partial charge in [-0.3, -0.25) is 0 Å². The van der Waals surface area contributed by atoms with Gasteiger partial charge in [-0.1, -0.05) is 11.8 Å². The van der Waals surface area contributed by atoms with E-state index in [1.807, 2.05) is 0 Å². The Morgan fingerprint density at radius 2 is 2.22 bits per heavy atom. The highest BCUT2D eigenvalue weighted by atomic mass is 16.1. The second kappa shape index (κ2) is 6.79. The summed E-state index contributed by atoms with van der Waals surface area (Å²) in [5.41, 5.74) is 0. The van der Waals surface area contributed by atoms with Crippen LogP contribution in [0.4, 0.5) is 0 Å². The van der Waals surface area contributed by atoms with Crippen molar-refractivity contribution in [2.75, 3.05) is 0 Å². The summed E-state index contributed by atoms with van der Waals surface area (Å²) in [6, 6.07) is 0. The van der Waals surface area contributed by atoms with Crippen molar-refractivity contribution < 1.29 is 4.79 Å². The zero-order valence-corrected chi connectivity index (χ0v) is 5.40. The molecule has 0 aromatic rings. The summed E-state index contributed by atoms with van der Waals surface area (Å²) < 4.78 is 0. The molecule has 1 heteroatoms. The normalized spacial score (nSPS) is 5.89. The monoisotopic (exact) mass is 120 g/mol. The number of unbranched alkanes of at least 4 members (excludes halogenated alkanes) is 1. The van der Waals surface area contributed by atoms with Crippen LogP contribution in [0.5, 0.6) is 0 Å². The highest BCUT2D eigenvalue weighted by molar-refractivity contribution is 5.49. The summed E-state index contributed by atoms with van der Waals surface area (Å²) in [6.07, 6.45) is 1.99. The van der Waals surface area contributed by atoms with Crippen LogP contribution in [0.25, 0.3) is 0 Å². The van der Waals surface area contributed by atoms with Crippen molar-refractivity contribution in [3.8, 4) is 23.7 Å². The Balaban J connectivity index is 3.34. The van der Waals surface area contributed by atoms with Gasteiger partial charge in [0, 0.05) is 12.8 Å².